The molecule has 1 saturated heterocycles. The molecule has 30 heavy (non-hydrogen) atoms. The topological polar surface area (TPSA) is 75.2 Å². The van der Waals surface area contributed by atoms with Crippen molar-refractivity contribution in [3.05, 3.63) is 72.3 Å². The first-order chi connectivity index (χ1) is 14.6. The molecule has 0 bridgehead atoms. The number of piperidine rings is 1. The number of Topliss-reactive ketones (excluding diaryl/α,β-unsaturated/α-hetero) is 1. The average Bonchev–Trinajstić information content (AvgIpc) is 2.80. The zero-order valence-electron chi connectivity index (χ0n) is 16.9. The molecule has 6 heteroatoms. The van der Waals surface area contributed by atoms with E-state index in [0.29, 0.717) is 17.8 Å². The number of hydrogen-bond donors (Lipinski definition) is 1. The van der Waals surface area contributed by atoms with Crippen molar-refractivity contribution in [1.82, 2.24) is 10.2 Å². The van der Waals surface area contributed by atoms with Crippen LogP contribution in [0.2, 0.25) is 0 Å². The van der Waals surface area contributed by atoms with Crippen LogP contribution in [0.15, 0.2) is 66.7 Å². The second-order valence-electron chi connectivity index (χ2n) is 7.55. The molecule has 152 valence electrons. The standard InChI is InChI=1S/C24H24N4O2/c1-17(29)18-9-11-21(12-10-18)25-24(30)20-8-5-15-28(16-20)23-14-13-22(26-27-23)19-6-3-2-4-7-19/h2-4,6-7,9-14,20H,5,8,15-16H2,1H3,(H,25,30). The molecule has 4 rings (SSSR count). The van der Waals surface area contributed by atoms with Crippen LogP contribution in [0, 0.1) is 5.92 Å². The quantitative estimate of drug-likeness (QED) is 0.650. The zero-order valence-corrected chi connectivity index (χ0v) is 16.9. The van der Waals surface area contributed by atoms with E-state index >= 15 is 0 Å². The number of benzene rings is 2. The molecule has 6 nitrogen and oxygen atoms in total. The highest BCUT2D eigenvalue weighted by Crippen LogP contribution is 2.24. The Morgan fingerprint density at radius 1 is 0.967 bits per heavy atom. The number of carbonyl (C=O) groups excluding carboxylic acids is 2. The molecule has 0 aliphatic carbocycles. The van der Waals surface area contributed by atoms with Gasteiger partial charge in [0.2, 0.25) is 5.91 Å². The smallest absolute Gasteiger partial charge is 0.229 e. The van der Waals surface area contributed by atoms with Crippen LogP contribution in [0.3, 0.4) is 0 Å². The van der Waals surface area contributed by atoms with Gasteiger partial charge >= 0.3 is 0 Å². The fraction of sp³-hybridized carbons (Fsp3) is 0.250. The Morgan fingerprint density at radius 3 is 2.40 bits per heavy atom. The zero-order chi connectivity index (χ0) is 20.9. The number of hydrogen-bond acceptors (Lipinski definition) is 5. The third kappa shape index (κ3) is 4.54. The van der Waals surface area contributed by atoms with Gasteiger partial charge in [0.1, 0.15) is 0 Å². The van der Waals surface area contributed by atoms with Crippen LogP contribution in [0.1, 0.15) is 30.1 Å². The van der Waals surface area contributed by atoms with E-state index in [9.17, 15) is 9.59 Å². The highest BCUT2D eigenvalue weighted by atomic mass is 16.2. The molecule has 1 atom stereocenters. The Kier molecular flexibility index (Phi) is 5.84. The van der Waals surface area contributed by atoms with Crippen LogP contribution in [-0.4, -0.2) is 35.0 Å². The number of anilines is 2. The monoisotopic (exact) mass is 400 g/mol. The summed E-state index contributed by atoms with van der Waals surface area (Å²) < 4.78 is 0. The summed E-state index contributed by atoms with van der Waals surface area (Å²) in [5, 5.41) is 11.7. The lowest BCUT2D eigenvalue weighted by molar-refractivity contribution is -0.120. The van der Waals surface area contributed by atoms with Crippen LogP contribution < -0.4 is 10.2 Å². The number of nitrogens with zero attached hydrogens (tertiary/aromatic N) is 3. The maximum absolute atomic E-state index is 12.8. The molecular formula is C24H24N4O2. The number of amides is 1. The Labute approximate surface area is 175 Å². The van der Waals surface area contributed by atoms with E-state index in [2.05, 4.69) is 20.4 Å². The molecule has 2 heterocycles. The van der Waals surface area contributed by atoms with E-state index in [1.54, 1.807) is 24.3 Å². The van der Waals surface area contributed by atoms with Crippen molar-refractivity contribution in [1.29, 1.82) is 0 Å². The van der Waals surface area contributed by atoms with Gasteiger partial charge in [-0.25, -0.2) is 0 Å². The Morgan fingerprint density at radius 2 is 1.73 bits per heavy atom. The minimum Gasteiger partial charge on any atom is -0.354 e. The fourth-order valence-corrected chi connectivity index (χ4v) is 3.69. The number of ketones is 1. The van der Waals surface area contributed by atoms with Crippen LogP contribution in [0.4, 0.5) is 11.5 Å². The highest BCUT2D eigenvalue weighted by molar-refractivity contribution is 5.96. The second-order valence-corrected chi connectivity index (χ2v) is 7.55. The van der Waals surface area contributed by atoms with E-state index in [1.165, 1.54) is 6.92 Å². The first-order valence-corrected chi connectivity index (χ1v) is 10.2. The van der Waals surface area contributed by atoms with Gasteiger partial charge in [-0.3, -0.25) is 9.59 Å². The maximum Gasteiger partial charge on any atom is 0.229 e. The summed E-state index contributed by atoms with van der Waals surface area (Å²) in [5.41, 5.74) is 3.20. The van der Waals surface area contributed by atoms with Gasteiger partial charge in [-0.05, 0) is 56.2 Å². The summed E-state index contributed by atoms with van der Waals surface area (Å²) >= 11 is 0. The molecule has 1 fully saturated rings. The SMILES string of the molecule is CC(=O)c1ccc(NC(=O)C2CCCN(c3ccc(-c4ccccc4)nn3)C2)cc1. The van der Waals surface area contributed by atoms with Crippen LogP contribution in [0.5, 0.6) is 0 Å². The Balaban J connectivity index is 1.40. The summed E-state index contributed by atoms with van der Waals surface area (Å²) in [5.74, 6) is 0.666. The van der Waals surface area contributed by atoms with Gasteiger partial charge < -0.3 is 10.2 Å². The van der Waals surface area contributed by atoms with Gasteiger partial charge in [0.15, 0.2) is 11.6 Å². The number of carbonyl (C=O) groups is 2. The third-order valence-electron chi connectivity index (χ3n) is 5.40. The van der Waals surface area contributed by atoms with Gasteiger partial charge in [0, 0.05) is 29.9 Å². The molecule has 1 unspecified atom stereocenters. The van der Waals surface area contributed by atoms with Crippen LogP contribution >= 0.6 is 0 Å². The average molecular weight is 400 g/mol. The second kappa shape index (κ2) is 8.86. The molecular weight excluding hydrogens is 376 g/mol. The molecule has 3 aromatic rings. The minimum atomic E-state index is -0.123. The van der Waals surface area contributed by atoms with Crippen molar-refractivity contribution < 1.29 is 9.59 Å². The fourth-order valence-electron chi connectivity index (χ4n) is 3.69. The molecule has 1 aliphatic rings. The number of rotatable bonds is 5. The van der Waals surface area contributed by atoms with E-state index in [4.69, 9.17) is 0 Å². The van der Waals surface area contributed by atoms with Crippen molar-refractivity contribution in [2.24, 2.45) is 5.92 Å². The highest BCUT2D eigenvalue weighted by Gasteiger charge is 2.27. The molecule has 2 aromatic carbocycles. The summed E-state index contributed by atoms with van der Waals surface area (Å²) in [6.45, 7) is 2.99. The van der Waals surface area contributed by atoms with Crippen molar-refractivity contribution in [3.8, 4) is 11.3 Å². The molecule has 0 spiro atoms. The van der Waals surface area contributed by atoms with Crippen molar-refractivity contribution in [2.75, 3.05) is 23.3 Å². The lowest BCUT2D eigenvalue weighted by Crippen LogP contribution is -2.41. The Hall–Kier alpha value is -3.54. The molecule has 1 aromatic heterocycles. The predicted octanol–water partition coefficient (Wildman–Crippen LogP) is 4.20. The summed E-state index contributed by atoms with van der Waals surface area (Å²) in [7, 11) is 0. The van der Waals surface area contributed by atoms with E-state index in [1.807, 2.05) is 42.5 Å². The first-order valence-electron chi connectivity index (χ1n) is 10.2. The van der Waals surface area contributed by atoms with E-state index in [0.717, 1.165) is 36.5 Å². The molecule has 1 aliphatic heterocycles. The van der Waals surface area contributed by atoms with Crippen LogP contribution in [0.25, 0.3) is 11.3 Å². The van der Waals surface area contributed by atoms with Gasteiger partial charge in [-0.2, -0.15) is 0 Å². The van der Waals surface area contributed by atoms with Crippen molar-refractivity contribution in [3.63, 3.8) is 0 Å². The van der Waals surface area contributed by atoms with E-state index in [-0.39, 0.29) is 17.6 Å². The van der Waals surface area contributed by atoms with Gasteiger partial charge in [0.25, 0.3) is 0 Å². The summed E-state index contributed by atoms with van der Waals surface area (Å²) in [6.07, 6.45) is 1.76. The summed E-state index contributed by atoms with van der Waals surface area (Å²) in [6, 6.07) is 20.9. The lowest BCUT2D eigenvalue weighted by Gasteiger charge is -2.32. The maximum atomic E-state index is 12.8. The van der Waals surface area contributed by atoms with E-state index < -0.39 is 0 Å². The van der Waals surface area contributed by atoms with Gasteiger partial charge in [-0.15, -0.1) is 10.2 Å². The molecule has 1 amide bonds. The van der Waals surface area contributed by atoms with Crippen LogP contribution in [-0.2, 0) is 4.79 Å². The minimum absolute atomic E-state index is 0.00944. The first kappa shape index (κ1) is 19.8. The van der Waals surface area contributed by atoms with Gasteiger partial charge in [0.05, 0.1) is 11.6 Å². The number of nitrogens with one attached hydrogen (secondary N) is 1. The van der Waals surface area contributed by atoms with Crippen molar-refractivity contribution in [2.45, 2.75) is 19.8 Å². The predicted molar refractivity (Wildman–Crippen MR) is 117 cm³/mol. The number of aromatic nitrogens is 2. The summed E-state index contributed by atoms with van der Waals surface area (Å²) in [4.78, 5) is 26.3. The third-order valence-corrected chi connectivity index (χ3v) is 5.40. The molecule has 0 saturated carbocycles. The normalized spacial score (nSPS) is 16.2. The van der Waals surface area contributed by atoms with Gasteiger partial charge in [-0.1, -0.05) is 30.3 Å². The molecule has 1 N–H and O–H groups in total. The van der Waals surface area contributed by atoms with Crippen molar-refractivity contribution >= 4 is 23.2 Å². The Bertz CT molecular complexity index is 1020. The lowest BCUT2D eigenvalue weighted by atomic mass is 9.97. The largest absolute Gasteiger partial charge is 0.354 e. The molecule has 0 radical (unpaired) electrons.